The minimum atomic E-state index is -0.476. The molecule has 1 N–H and O–H groups in total. The summed E-state index contributed by atoms with van der Waals surface area (Å²) in [5.41, 5.74) is 2.10. The molecule has 2 heterocycles. The van der Waals surface area contributed by atoms with Gasteiger partial charge in [-0.1, -0.05) is 6.07 Å². The van der Waals surface area contributed by atoms with E-state index in [1.165, 1.54) is 5.56 Å². The van der Waals surface area contributed by atoms with Crippen LogP contribution in [0.1, 0.15) is 42.5 Å². The predicted molar refractivity (Wildman–Crippen MR) is 64.8 cm³/mol. The summed E-state index contributed by atoms with van der Waals surface area (Å²) in [7, 11) is 0. The Hall–Kier alpha value is -1.42. The van der Waals surface area contributed by atoms with Crippen molar-refractivity contribution in [2.45, 2.75) is 39.3 Å². The molecule has 0 unspecified atom stereocenters. The zero-order valence-electron chi connectivity index (χ0n) is 10.5. The number of fused-ring (bicyclic) bond motifs is 1. The monoisotopic (exact) mass is 234 g/mol. The van der Waals surface area contributed by atoms with Crippen molar-refractivity contribution < 1.29 is 9.53 Å². The Balaban J connectivity index is 2.19. The number of carbonyl (C=O) groups excluding carboxylic acids is 1. The highest BCUT2D eigenvalue weighted by Crippen LogP contribution is 2.15. The van der Waals surface area contributed by atoms with Crippen molar-refractivity contribution in [2.75, 3.05) is 6.54 Å². The van der Waals surface area contributed by atoms with Crippen molar-refractivity contribution in [3.8, 4) is 0 Å². The van der Waals surface area contributed by atoms with Crippen molar-refractivity contribution in [1.82, 2.24) is 10.3 Å². The lowest BCUT2D eigenvalue weighted by Crippen LogP contribution is -2.27. The van der Waals surface area contributed by atoms with Gasteiger partial charge in [0.25, 0.3) is 0 Å². The normalized spacial score (nSPS) is 15.2. The first-order valence-corrected chi connectivity index (χ1v) is 5.88. The lowest BCUT2D eigenvalue weighted by molar-refractivity contribution is 0.00625. The molecule has 1 aliphatic heterocycles. The number of nitrogens with zero attached hydrogens (tertiary/aromatic N) is 1. The van der Waals surface area contributed by atoms with E-state index in [0.29, 0.717) is 5.69 Å². The standard InChI is InChI=1S/C13H18N2O2/c1-13(2,3)17-12(16)11-5-4-9-8-14-7-6-10(9)15-11/h4-5,14H,6-8H2,1-3H3. The van der Waals surface area contributed by atoms with Crippen LogP contribution in [0.25, 0.3) is 0 Å². The van der Waals surface area contributed by atoms with E-state index >= 15 is 0 Å². The SMILES string of the molecule is CC(C)(C)OC(=O)c1ccc2c(n1)CCNC2. The fourth-order valence-electron chi connectivity index (χ4n) is 1.78. The first-order valence-electron chi connectivity index (χ1n) is 5.88. The van der Waals surface area contributed by atoms with E-state index in [2.05, 4.69) is 10.3 Å². The Kier molecular flexibility index (Phi) is 3.15. The van der Waals surface area contributed by atoms with Crippen LogP contribution in [0.3, 0.4) is 0 Å². The molecule has 0 bridgehead atoms. The number of ether oxygens (including phenoxy) is 1. The van der Waals surface area contributed by atoms with Gasteiger partial charge in [-0.3, -0.25) is 0 Å². The minimum Gasteiger partial charge on any atom is -0.455 e. The third kappa shape index (κ3) is 3.03. The number of hydrogen-bond donors (Lipinski definition) is 1. The van der Waals surface area contributed by atoms with Gasteiger partial charge in [0.05, 0.1) is 0 Å². The van der Waals surface area contributed by atoms with E-state index in [1.54, 1.807) is 6.07 Å². The van der Waals surface area contributed by atoms with E-state index in [9.17, 15) is 4.79 Å². The maximum Gasteiger partial charge on any atom is 0.357 e. The summed E-state index contributed by atoms with van der Waals surface area (Å²) in [4.78, 5) is 16.2. The van der Waals surface area contributed by atoms with E-state index in [4.69, 9.17) is 4.74 Å². The first-order chi connectivity index (χ1) is 7.96. The molecule has 0 spiro atoms. The summed E-state index contributed by atoms with van der Waals surface area (Å²) < 4.78 is 5.30. The van der Waals surface area contributed by atoms with Crippen LogP contribution in [0.4, 0.5) is 0 Å². The summed E-state index contributed by atoms with van der Waals surface area (Å²) in [5.74, 6) is -0.348. The molecule has 0 saturated carbocycles. The van der Waals surface area contributed by atoms with Gasteiger partial charge in [-0.2, -0.15) is 0 Å². The largest absolute Gasteiger partial charge is 0.455 e. The van der Waals surface area contributed by atoms with Gasteiger partial charge in [-0.05, 0) is 32.4 Å². The Morgan fingerprint density at radius 3 is 2.88 bits per heavy atom. The molecule has 1 aromatic heterocycles. The second kappa shape index (κ2) is 4.45. The Morgan fingerprint density at radius 1 is 1.41 bits per heavy atom. The van der Waals surface area contributed by atoms with Gasteiger partial charge in [-0.25, -0.2) is 9.78 Å². The zero-order chi connectivity index (χ0) is 12.5. The second-order valence-electron chi connectivity index (χ2n) is 5.23. The van der Waals surface area contributed by atoms with Crippen LogP contribution in [0.2, 0.25) is 0 Å². The number of aromatic nitrogens is 1. The van der Waals surface area contributed by atoms with Crippen LogP contribution < -0.4 is 5.32 Å². The summed E-state index contributed by atoms with van der Waals surface area (Å²) in [6, 6.07) is 3.69. The lowest BCUT2D eigenvalue weighted by atomic mass is 10.1. The van der Waals surface area contributed by atoms with Crippen molar-refractivity contribution in [3.63, 3.8) is 0 Å². The molecule has 0 radical (unpaired) electrons. The van der Waals surface area contributed by atoms with Crippen LogP contribution in [-0.4, -0.2) is 23.1 Å². The van der Waals surface area contributed by atoms with Crippen molar-refractivity contribution in [3.05, 3.63) is 29.1 Å². The molecule has 92 valence electrons. The molecule has 0 atom stereocenters. The molecule has 17 heavy (non-hydrogen) atoms. The molecule has 2 rings (SSSR count). The van der Waals surface area contributed by atoms with Gasteiger partial charge < -0.3 is 10.1 Å². The highest BCUT2D eigenvalue weighted by molar-refractivity contribution is 5.87. The van der Waals surface area contributed by atoms with Crippen LogP contribution in [0.5, 0.6) is 0 Å². The molecule has 4 nitrogen and oxygen atoms in total. The number of carbonyl (C=O) groups is 1. The molecular formula is C13H18N2O2. The third-order valence-electron chi connectivity index (χ3n) is 2.53. The Bertz CT molecular complexity index is 436. The van der Waals surface area contributed by atoms with E-state index in [1.807, 2.05) is 26.8 Å². The number of nitrogens with one attached hydrogen (secondary N) is 1. The second-order valence-corrected chi connectivity index (χ2v) is 5.23. The van der Waals surface area contributed by atoms with Gasteiger partial charge in [0, 0.05) is 25.2 Å². The molecule has 0 aliphatic carbocycles. The van der Waals surface area contributed by atoms with Crippen molar-refractivity contribution >= 4 is 5.97 Å². The summed E-state index contributed by atoms with van der Waals surface area (Å²) >= 11 is 0. The average molecular weight is 234 g/mol. The number of pyridine rings is 1. The van der Waals surface area contributed by atoms with E-state index < -0.39 is 5.60 Å². The Morgan fingerprint density at radius 2 is 2.18 bits per heavy atom. The molecule has 1 aromatic rings. The molecule has 0 aromatic carbocycles. The maximum absolute atomic E-state index is 11.8. The summed E-state index contributed by atoms with van der Waals surface area (Å²) in [6.45, 7) is 7.31. The fraction of sp³-hybridized carbons (Fsp3) is 0.538. The first kappa shape index (κ1) is 12.0. The van der Waals surface area contributed by atoms with Gasteiger partial charge >= 0.3 is 5.97 Å². The molecule has 0 saturated heterocycles. The van der Waals surface area contributed by atoms with Crippen LogP contribution >= 0.6 is 0 Å². The molecule has 4 heteroatoms. The Labute approximate surface area is 101 Å². The van der Waals surface area contributed by atoms with E-state index in [-0.39, 0.29) is 5.97 Å². The molecule has 0 amide bonds. The van der Waals surface area contributed by atoms with Crippen molar-refractivity contribution in [1.29, 1.82) is 0 Å². The van der Waals surface area contributed by atoms with Crippen LogP contribution in [0.15, 0.2) is 12.1 Å². The highest BCUT2D eigenvalue weighted by atomic mass is 16.6. The predicted octanol–water partition coefficient (Wildman–Crippen LogP) is 1.68. The van der Waals surface area contributed by atoms with Crippen molar-refractivity contribution in [2.24, 2.45) is 0 Å². The van der Waals surface area contributed by atoms with E-state index in [0.717, 1.165) is 25.2 Å². The maximum atomic E-state index is 11.8. The highest BCUT2D eigenvalue weighted by Gasteiger charge is 2.20. The number of esters is 1. The zero-order valence-corrected chi connectivity index (χ0v) is 10.5. The fourth-order valence-corrected chi connectivity index (χ4v) is 1.78. The minimum absolute atomic E-state index is 0.348. The lowest BCUT2D eigenvalue weighted by Gasteiger charge is -2.20. The average Bonchev–Trinajstić information content (AvgIpc) is 2.26. The molecular weight excluding hydrogens is 216 g/mol. The summed E-state index contributed by atoms with van der Waals surface area (Å²) in [5, 5.41) is 3.27. The third-order valence-corrected chi connectivity index (χ3v) is 2.53. The quantitative estimate of drug-likeness (QED) is 0.751. The number of hydrogen-bond acceptors (Lipinski definition) is 4. The smallest absolute Gasteiger partial charge is 0.357 e. The van der Waals surface area contributed by atoms with Gasteiger partial charge in [0.1, 0.15) is 11.3 Å². The topological polar surface area (TPSA) is 51.2 Å². The van der Waals surface area contributed by atoms with Crippen LogP contribution in [0, 0.1) is 0 Å². The summed E-state index contributed by atoms with van der Waals surface area (Å²) in [6.07, 6.45) is 0.867. The number of rotatable bonds is 1. The molecule has 1 aliphatic rings. The van der Waals surface area contributed by atoms with Gasteiger partial charge in [0.2, 0.25) is 0 Å². The van der Waals surface area contributed by atoms with Gasteiger partial charge in [-0.15, -0.1) is 0 Å². The molecule has 0 fully saturated rings. The van der Waals surface area contributed by atoms with Crippen LogP contribution in [-0.2, 0) is 17.7 Å². The van der Waals surface area contributed by atoms with Gasteiger partial charge in [0.15, 0.2) is 0 Å².